The van der Waals surface area contributed by atoms with E-state index in [1.807, 2.05) is 0 Å². The lowest BCUT2D eigenvalue weighted by atomic mass is 10.1. The maximum absolute atomic E-state index is 15.0. The number of carbonyl (C=O) groups is 3. The second-order valence-electron chi connectivity index (χ2n) is 8.27. The van der Waals surface area contributed by atoms with Crippen LogP contribution in [0.4, 0.5) is 29.3 Å². The number of hydrogen-bond acceptors (Lipinski definition) is 7. The van der Waals surface area contributed by atoms with Crippen LogP contribution in [-0.4, -0.2) is 81.4 Å². The Morgan fingerprint density at radius 1 is 1.21 bits per heavy atom. The molecule has 1 aromatic carbocycles. The summed E-state index contributed by atoms with van der Waals surface area (Å²) in [4.78, 5) is 38.3. The Morgan fingerprint density at radius 3 is 2.62 bits per heavy atom. The van der Waals surface area contributed by atoms with Gasteiger partial charge >= 0.3 is 6.09 Å². The highest BCUT2D eigenvalue weighted by Gasteiger charge is 2.34. The number of ketones is 1. The summed E-state index contributed by atoms with van der Waals surface area (Å²) in [5, 5.41) is 4.24. The molecule has 0 bridgehead atoms. The van der Waals surface area contributed by atoms with Crippen molar-refractivity contribution in [3.8, 4) is 0 Å². The van der Waals surface area contributed by atoms with Crippen molar-refractivity contribution in [1.82, 2.24) is 15.8 Å². The van der Waals surface area contributed by atoms with Gasteiger partial charge in [0.25, 0.3) is 5.91 Å². The Labute approximate surface area is 196 Å². The third-order valence-electron chi connectivity index (χ3n) is 5.66. The number of nitrogens with zero attached hydrogens (tertiary/aromatic N) is 3. The summed E-state index contributed by atoms with van der Waals surface area (Å²) >= 11 is 0. The zero-order valence-corrected chi connectivity index (χ0v) is 19.1. The fourth-order valence-electron chi connectivity index (χ4n) is 3.91. The van der Waals surface area contributed by atoms with Gasteiger partial charge in [0.1, 0.15) is 17.6 Å². The average molecular weight is 486 g/mol. The first-order valence-electron chi connectivity index (χ1n) is 11.3. The lowest BCUT2D eigenvalue weighted by Crippen LogP contribution is -2.47. The van der Waals surface area contributed by atoms with E-state index in [2.05, 4.69) is 10.7 Å². The van der Waals surface area contributed by atoms with Crippen LogP contribution in [-0.2, 0) is 14.3 Å². The molecule has 188 valence electrons. The van der Waals surface area contributed by atoms with Crippen molar-refractivity contribution in [1.29, 1.82) is 0 Å². The highest BCUT2D eigenvalue weighted by molar-refractivity contribution is 5.90. The van der Waals surface area contributed by atoms with Crippen LogP contribution in [0.3, 0.4) is 0 Å². The number of hydrogen-bond donors (Lipinski definition) is 2. The maximum atomic E-state index is 15.0. The van der Waals surface area contributed by atoms with Gasteiger partial charge in [0, 0.05) is 38.2 Å². The minimum atomic E-state index is -0.831. The van der Waals surface area contributed by atoms with Crippen molar-refractivity contribution in [3.05, 3.63) is 23.8 Å². The molecule has 2 amide bonds. The van der Waals surface area contributed by atoms with Gasteiger partial charge in [0.05, 0.1) is 32.0 Å². The molecule has 2 aliphatic rings. The second kappa shape index (κ2) is 12.0. The first-order valence-corrected chi connectivity index (χ1v) is 11.3. The highest BCUT2D eigenvalue weighted by atomic mass is 19.1. The van der Waals surface area contributed by atoms with Crippen molar-refractivity contribution >= 4 is 29.2 Å². The molecule has 2 fully saturated rings. The van der Waals surface area contributed by atoms with Gasteiger partial charge in [-0.05, 0) is 26.3 Å². The number of alkyl halides is 1. The molecule has 2 heterocycles. The summed E-state index contributed by atoms with van der Waals surface area (Å²) in [5.74, 6) is -1.94. The fourth-order valence-corrected chi connectivity index (χ4v) is 3.91. The molecular formula is C22H30F3N5O4. The number of carbonyl (C=O) groups excluding carboxylic acids is 3. The normalized spacial score (nSPS) is 18.8. The van der Waals surface area contributed by atoms with E-state index >= 15 is 8.78 Å². The van der Waals surface area contributed by atoms with Crippen LogP contribution in [0.25, 0.3) is 0 Å². The van der Waals surface area contributed by atoms with Crippen LogP contribution < -0.4 is 20.5 Å². The molecule has 9 nitrogen and oxygen atoms in total. The standard InChI is InChI=1S/C22H30F3N5O4/c1-15(31)3-4-17-14-29(22(33)34-17)16-11-18(24)21(19(25)12-16)28-8-7-27-30(10-9-28)20(32)13-26-6-2-5-23/h11-12,17,26-27H,2-10,13-14H2,1H3/t17-/m0/s1. The second-order valence-corrected chi connectivity index (χ2v) is 8.27. The molecule has 0 aliphatic carbocycles. The van der Waals surface area contributed by atoms with E-state index in [4.69, 9.17) is 4.74 Å². The molecule has 2 N–H and O–H groups in total. The Bertz CT molecular complexity index is 880. The number of hydrazine groups is 1. The third-order valence-corrected chi connectivity index (χ3v) is 5.66. The summed E-state index contributed by atoms with van der Waals surface area (Å²) in [5.41, 5.74) is 2.74. The molecule has 0 radical (unpaired) electrons. The van der Waals surface area contributed by atoms with Gasteiger partial charge in [-0.15, -0.1) is 0 Å². The quantitative estimate of drug-likeness (QED) is 0.488. The molecule has 2 saturated heterocycles. The predicted molar refractivity (Wildman–Crippen MR) is 119 cm³/mol. The van der Waals surface area contributed by atoms with Crippen LogP contribution in [0.15, 0.2) is 12.1 Å². The van der Waals surface area contributed by atoms with Gasteiger partial charge in [-0.3, -0.25) is 19.1 Å². The summed E-state index contributed by atoms with van der Waals surface area (Å²) < 4.78 is 47.4. The Hall–Kier alpha value is -2.86. The first kappa shape index (κ1) is 25.8. The SMILES string of the molecule is CC(=O)CC[C@H]1CN(c2cc(F)c(N3CCNN(C(=O)CNCCCF)CC3)c(F)c2)C(=O)O1. The fraction of sp³-hybridized carbons (Fsp3) is 0.591. The number of nitrogens with one attached hydrogen (secondary N) is 2. The molecular weight excluding hydrogens is 455 g/mol. The lowest BCUT2D eigenvalue weighted by Gasteiger charge is -2.25. The van der Waals surface area contributed by atoms with Crippen LogP contribution >= 0.6 is 0 Å². The maximum Gasteiger partial charge on any atom is 0.414 e. The van der Waals surface area contributed by atoms with E-state index in [0.29, 0.717) is 19.4 Å². The zero-order valence-electron chi connectivity index (χ0n) is 19.1. The topological polar surface area (TPSA) is 94.2 Å². The minimum Gasteiger partial charge on any atom is -0.444 e. The molecule has 2 aliphatic heterocycles. The molecule has 0 aromatic heterocycles. The van der Waals surface area contributed by atoms with Crippen molar-refractivity contribution in [2.75, 3.05) is 62.3 Å². The molecule has 12 heteroatoms. The predicted octanol–water partition coefficient (Wildman–Crippen LogP) is 1.76. The zero-order chi connectivity index (χ0) is 24.7. The van der Waals surface area contributed by atoms with Crippen LogP contribution in [0.5, 0.6) is 0 Å². The van der Waals surface area contributed by atoms with Crippen molar-refractivity contribution < 1.29 is 32.3 Å². The largest absolute Gasteiger partial charge is 0.444 e. The van der Waals surface area contributed by atoms with Gasteiger partial charge < -0.3 is 19.7 Å². The number of rotatable bonds is 10. The minimum absolute atomic E-state index is 0.0313. The number of cyclic esters (lactones) is 1. The van der Waals surface area contributed by atoms with Crippen molar-refractivity contribution in [3.63, 3.8) is 0 Å². The summed E-state index contributed by atoms with van der Waals surface area (Å²) in [6, 6.07) is 2.17. The van der Waals surface area contributed by atoms with E-state index in [1.165, 1.54) is 16.8 Å². The molecule has 0 spiro atoms. The van der Waals surface area contributed by atoms with Crippen molar-refractivity contribution in [2.45, 2.75) is 32.3 Å². The Balaban J connectivity index is 1.63. The van der Waals surface area contributed by atoms with E-state index < -0.39 is 30.5 Å². The Morgan fingerprint density at radius 2 is 1.94 bits per heavy atom. The molecule has 1 atom stereocenters. The highest BCUT2D eigenvalue weighted by Crippen LogP contribution is 2.31. The first-order chi connectivity index (χ1) is 16.3. The van der Waals surface area contributed by atoms with Gasteiger partial charge in [-0.2, -0.15) is 0 Å². The van der Waals surface area contributed by atoms with E-state index in [9.17, 15) is 18.8 Å². The smallest absolute Gasteiger partial charge is 0.414 e. The Kier molecular flexibility index (Phi) is 9.11. The van der Waals surface area contributed by atoms with Crippen LogP contribution in [0, 0.1) is 11.6 Å². The number of amides is 2. The number of ether oxygens (including phenoxy) is 1. The number of Topliss-reactive ketones (excluding diaryl/α,β-unsaturated/α-hetero) is 1. The van der Waals surface area contributed by atoms with Crippen LogP contribution in [0.1, 0.15) is 26.2 Å². The van der Waals surface area contributed by atoms with Crippen LogP contribution in [0.2, 0.25) is 0 Å². The van der Waals surface area contributed by atoms with Gasteiger partial charge in [0.15, 0.2) is 11.6 Å². The van der Waals surface area contributed by atoms with Crippen molar-refractivity contribution in [2.24, 2.45) is 0 Å². The average Bonchev–Trinajstić information content (AvgIpc) is 2.99. The number of halogens is 3. The van der Waals surface area contributed by atoms with Gasteiger partial charge in [-0.25, -0.2) is 19.0 Å². The number of anilines is 2. The monoisotopic (exact) mass is 485 g/mol. The molecule has 3 rings (SSSR count). The lowest BCUT2D eigenvalue weighted by molar-refractivity contribution is -0.133. The molecule has 1 aromatic rings. The van der Waals surface area contributed by atoms with Gasteiger partial charge in [0.2, 0.25) is 0 Å². The summed E-state index contributed by atoms with van der Waals surface area (Å²) in [7, 11) is 0. The van der Waals surface area contributed by atoms with E-state index in [-0.39, 0.29) is 68.8 Å². The molecule has 0 unspecified atom stereocenters. The number of benzene rings is 1. The van der Waals surface area contributed by atoms with Gasteiger partial charge in [-0.1, -0.05) is 0 Å². The van der Waals surface area contributed by atoms with E-state index in [1.54, 1.807) is 0 Å². The third kappa shape index (κ3) is 6.60. The summed E-state index contributed by atoms with van der Waals surface area (Å²) in [6.07, 6.45) is -0.315. The molecule has 34 heavy (non-hydrogen) atoms. The van der Waals surface area contributed by atoms with E-state index in [0.717, 1.165) is 17.0 Å². The molecule has 0 saturated carbocycles. The summed E-state index contributed by atoms with van der Waals surface area (Å²) in [6.45, 7) is 2.42.